The van der Waals surface area contributed by atoms with Crippen LogP contribution in [0.1, 0.15) is 33.4 Å². The molecule has 8 aromatic carbocycles. The molecule has 0 aromatic heterocycles. The van der Waals surface area contributed by atoms with Gasteiger partial charge in [0.25, 0.3) is 11.4 Å². The third kappa shape index (κ3) is 6.32. The number of non-ortho nitro benzene ring substituents is 2. The molecule has 0 saturated heterocycles. The Balaban J connectivity index is 1.09. The molecule has 8 rings (SSSR count). The SMILES string of the molecule is O=[N+]([O-])c1cccc2c(C#Cc3cccc4c(C#CC#Cc5cccc6c(C#Cc7cccc8c([N+](=O)[O-])cccc78)cccc56)cccc34)cccc12. The van der Waals surface area contributed by atoms with Gasteiger partial charge in [0.05, 0.1) is 20.6 Å². The number of rotatable bonds is 2. The zero-order valence-electron chi connectivity index (χ0n) is 28.4. The summed E-state index contributed by atoms with van der Waals surface area (Å²) in [5.74, 6) is 25.6. The molecule has 0 saturated carbocycles. The van der Waals surface area contributed by atoms with Gasteiger partial charge < -0.3 is 0 Å². The lowest BCUT2D eigenvalue weighted by molar-refractivity contribution is -0.383. The smallest absolute Gasteiger partial charge is 0.258 e. The number of hydrogen-bond donors (Lipinski definition) is 0. The van der Waals surface area contributed by atoms with E-state index in [-0.39, 0.29) is 21.2 Å². The Hall–Kier alpha value is -8.16. The predicted octanol–water partition coefficient (Wildman–Crippen LogP) is 10.3. The molecule has 54 heavy (non-hydrogen) atoms. The van der Waals surface area contributed by atoms with Crippen LogP contribution >= 0.6 is 0 Å². The topological polar surface area (TPSA) is 86.3 Å². The van der Waals surface area contributed by atoms with Gasteiger partial charge in [0.2, 0.25) is 0 Å². The summed E-state index contributed by atoms with van der Waals surface area (Å²) in [7, 11) is 0. The van der Waals surface area contributed by atoms with E-state index in [0.29, 0.717) is 21.9 Å². The normalized spacial score (nSPS) is 10.3. The van der Waals surface area contributed by atoms with Crippen molar-refractivity contribution in [2.75, 3.05) is 0 Å². The fraction of sp³-hybridized carbons (Fsp3) is 0. The maximum Gasteiger partial charge on any atom is 0.277 e. The molecule has 0 N–H and O–H groups in total. The number of nitro groups is 2. The van der Waals surface area contributed by atoms with E-state index in [1.54, 1.807) is 36.4 Å². The van der Waals surface area contributed by atoms with Crippen LogP contribution in [0.5, 0.6) is 0 Å². The van der Waals surface area contributed by atoms with Gasteiger partial charge in [-0.05, 0) is 81.9 Å². The Morgan fingerprint density at radius 2 is 0.519 bits per heavy atom. The number of benzene rings is 8. The van der Waals surface area contributed by atoms with Crippen LogP contribution in [0.3, 0.4) is 0 Å². The molecule has 8 aromatic rings. The van der Waals surface area contributed by atoms with Gasteiger partial charge in [0.1, 0.15) is 0 Å². The Morgan fingerprint density at radius 1 is 0.296 bits per heavy atom. The van der Waals surface area contributed by atoms with E-state index in [2.05, 4.69) is 47.4 Å². The van der Waals surface area contributed by atoms with Crippen LogP contribution in [-0.2, 0) is 0 Å². The van der Waals surface area contributed by atoms with Gasteiger partial charge in [-0.2, -0.15) is 0 Å². The van der Waals surface area contributed by atoms with Crippen molar-refractivity contribution in [1.29, 1.82) is 0 Å². The molecule has 0 heterocycles. The minimum Gasteiger partial charge on any atom is -0.258 e. The summed E-state index contributed by atoms with van der Waals surface area (Å²) in [5, 5.41) is 29.5. The van der Waals surface area contributed by atoms with Crippen LogP contribution in [0.4, 0.5) is 11.4 Å². The summed E-state index contributed by atoms with van der Waals surface area (Å²) >= 11 is 0. The van der Waals surface area contributed by atoms with Crippen molar-refractivity contribution in [3.8, 4) is 47.4 Å². The summed E-state index contributed by atoms with van der Waals surface area (Å²) in [5.41, 5.74) is 4.81. The van der Waals surface area contributed by atoms with Crippen LogP contribution in [0.25, 0.3) is 43.1 Å². The predicted molar refractivity (Wildman–Crippen MR) is 215 cm³/mol. The van der Waals surface area contributed by atoms with E-state index in [9.17, 15) is 20.2 Å². The second-order valence-electron chi connectivity index (χ2n) is 12.3. The van der Waals surface area contributed by atoms with Gasteiger partial charge in [0.15, 0.2) is 0 Å². The summed E-state index contributed by atoms with van der Waals surface area (Å²) in [4.78, 5) is 22.4. The molecule has 0 atom stereocenters. The maximum absolute atomic E-state index is 11.6. The van der Waals surface area contributed by atoms with Crippen molar-refractivity contribution in [2.45, 2.75) is 0 Å². The second kappa shape index (κ2) is 14.2. The number of hydrogen-bond acceptors (Lipinski definition) is 4. The van der Waals surface area contributed by atoms with Crippen molar-refractivity contribution >= 4 is 54.5 Å². The Kier molecular flexibility index (Phi) is 8.69. The molecule has 0 amide bonds. The fourth-order valence-electron chi connectivity index (χ4n) is 6.65. The summed E-state index contributed by atoms with van der Waals surface area (Å²) in [6.07, 6.45) is 0. The van der Waals surface area contributed by atoms with Crippen molar-refractivity contribution in [3.63, 3.8) is 0 Å². The minimum atomic E-state index is -0.375. The van der Waals surface area contributed by atoms with Crippen molar-refractivity contribution in [3.05, 3.63) is 199 Å². The van der Waals surface area contributed by atoms with Crippen molar-refractivity contribution < 1.29 is 9.85 Å². The van der Waals surface area contributed by atoms with Crippen molar-refractivity contribution in [2.24, 2.45) is 0 Å². The third-order valence-corrected chi connectivity index (χ3v) is 9.16. The summed E-state index contributed by atoms with van der Waals surface area (Å²) < 4.78 is 0. The van der Waals surface area contributed by atoms with E-state index in [4.69, 9.17) is 0 Å². The van der Waals surface area contributed by atoms with E-state index in [1.807, 2.05) is 97.1 Å². The molecule has 0 spiro atoms. The number of nitrogens with zero attached hydrogens (tertiary/aromatic N) is 2. The third-order valence-electron chi connectivity index (χ3n) is 9.16. The molecule has 6 nitrogen and oxygen atoms in total. The van der Waals surface area contributed by atoms with Crippen LogP contribution in [0, 0.1) is 67.6 Å². The number of nitro benzene ring substituents is 2. The van der Waals surface area contributed by atoms with Gasteiger partial charge in [-0.15, -0.1) is 0 Å². The van der Waals surface area contributed by atoms with Gasteiger partial charge in [0, 0.05) is 56.3 Å². The molecular formula is C48H24N2O4. The van der Waals surface area contributed by atoms with E-state index >= 15 is 0 Å². The zero-order valence-corrected chi connectivity index (χ0v) is 28.4. The first-order valence-electron chi connectivity index (χ1n) is 16.9. The highest BCUT2D eigenvalue weighted by atomic mass is 16.6. The van der Waals surface area contributed by atoms with E-state index in [1.165, 1.54) is 12.1 Å². The Labute approximate surface area is 310 Å². The molecule has 0 unspecified atom stereocenters. The highest BCUT2D eigenvalue weighted by molar-refractivity contribution is 5.98. The molecule has 0 radical (unpaired) electrons. The lowest BCUT2D eigenvalue weighted by Crippen LogP contribution is -1.90. The molecule has 250 valence electrons. The van der Waals surface area contributed by atoms with Crippen molar-refractivity contribution in [1.82, 2.24) is 0 Å². The average Bonchev–Trinajstić information content (AvgIpc) is 3.20. The first kappa shape index (κ1) is 33.0. The Bertz CT molecular complexity index is 2940. The highest BCUT2D eigenvalue weighted by Crippen LogP contribution is 2.29. The largest absolute Gasteiger partial charge is 0.277 e. The Morgan fingerprint density at radius 3 is 0.796 bits per heavy atom. The standard InChI is InChI=1S/C48H24N2O4/c51-49(52)47-27-9-23-43-37(17-7-25-45(43)47)31-29-35-15-5-19-39-33(13-3-21-41(35)39)11-1-2-12-34-14-4-22-42-36(16-6-20-40(34)42)30-32-38-18-8-26-46-44(38)24-10-28-48(46)50(53)54/h3-10,13-28H. The average molecular weight is 693 g/mol. The molecule has 0 aliphatic rings. The van der Waals surface area contributed by atoms with Crippen LogP contribution < -0.4 is 0 Å². The highest BCUT2D eigenvalue weighted by Gasteiger charge is 2.13. The van der Waals surface area contributed by atoms with Gasteiger partial charge in [-0.3, -0.25) is 20.2 Å². The van der Waals surface area contributed by atoms with Crippen LogP contribution in [-0.4, -0.2) is 9.85 Å². The summed E-state index contributed by atoms with van der Waals surface area (Å²) in [6.45, 7) is 0. The minimum absolute atomic E-state index is 0.0536. The molecule has 0 fully saturated rings. The van der Waals surface area contributed by atoms with Crippen LogP contribution in [0.15, 0.2) is 146 Å². The lowest BCUT2D eigenvalue weighted by atomic mass is 9.99. The lowest BCUT2D eigenvalue weighted by Gasteiger charge is -2.04. The number of fused-ring (bicyclic) bond motifs is 4. The first-order chi connectivity index (χ1) is 26.5. The maximum atomic E-state index is 11.6. The summed E-state index contributed by atoms with van der Waals surface area (Å²) in [6, 6.07) is 44.4. The molecular weight excluding hydrogens is 669 g/mol. The quantitative estimate of drug-likeness (QED) is 0.103. The van der Waals surface area contributed by atoms with Gasteiger partial charge in [-0.1, -0.05) is 120 Å². The zero-order chi connectivity index (χ0) is 37.0. The molecule has 0 bridgehead atoms. The monoisotopic (exact) mass is 692 g/mol. The van der Waals surface area contributed by atoms with E-state index in [0.717, 1.165) is 54.6 Å². The first-order valence-corrected chi connectivity index (χ1v) is 16.9. The van der Waals surface area contributed by atoms with Crippen LogP contribution in [0.2, 0.25) is 0 Å². The van der Waals surface area contributed by atoms with Gasteiger partial charge >= 0.3 is 0 Å². The fourth-order valence-corrected chi connectivity index (χ4v) is 6.65. The molecule has 6 heteroatoms. The second-order valence-corrected chi connectivity index (χ2v) is 12.3. The molecule has 0 aliphatic carbocycles. The van der Waals surface area contributed by atoms with Gasteiger partial charge in [-0.25, -0.2) is 0 Å². The van der Waals surface area contributed by atoms with E-state index < -0.39 is 0 Å². The molecule has 0 aliphatic heterocycles.